The van der Waals surface area contributed by atoms with Crippen LogP contribution in [-0.2, 0) is 0 Å². The lowest BCUT2D eigenvalue weighted by Gasteiger charge is -2.25. The molecule has 2 rings (SSSR count). The molecule has 0 bridgehead atoms. The van der Waals surface area contributed by atoms with Gasteiger partial charge in [-0.25, -0.2) is 14.0 Å². The molecule has 102 valence electrons. The molecule has 0 radical (unpaired) electrons. The van der Waals surface area contributed by atoms with E-state index in [4.69, 9.17) is 5.11 Å². The van der Waals surface area contributed by atoms with Crippen LogP contribution in [0.4, 0.5) is 14.9 Å². The first-order chi connectivity index (χ1) is 9.06. The number of carboxylic acid groups (broad SMARTS) is 1. The number of hydrogen-bond acceptors (Lipinski definition) is 2. The van der Waals surface area contributed by atoms with Crippen LogP contribution in [0, 0.1) is 11.7 Å². The zero-order valence-corrected chi connectivity index (χ0v) is 10.3. The van der Waals surface area contributed by atoms with Gasteiger partial charge in [-0.15, -0.1) is 0 Å². The number of carbonyl (C=O) groups excluding carboxylic acids is 1. The number of rotatable bonds is 4. The predicted molar refractivity (Wildman–Crippen MR) is 67.7 cm³/mol. The molecule has 0 heterocycles. The number of nitrogens with one attached hydrogen (secondary N) is 2. The molecule has 1 aliphatic carbocycles. The van der Waals surface area contributed by atoms with Crippen LogP contribution in [0.5, 0.6) is 0 Å². The third-order valence-electron chi connectivity index (χ3n) is 3.24. The number of urea groups is 1. The molecule has 2 amide bonds. The van der Waals surface area contributed by atoms with Crippen molar-refractivity contribution in [2.75, 3.05) is 11.9 Å². The van der Waals surface area contributed by atoms with Crippen molar-refractivity contribution >= 4 is 17.7 Å². The fourth-order valence-corrected chi connectivity index (χ4v) is 1.85. The second-order valence-corrected chi connectivity index (χ2v) is 4.63. The SMILES string of the molecule is O=C(NCC1CCC1)Nc1ccc(C(=O)O)cc1F. The smallest absolute Gasteiger partial charge is 0.335 e. The summed E-state index contributed by atoms with van der Waals surface area (Å²) in [7, 11) is 0. The molecule has 1 aliphatic rings. The molecule has 0 aliphatic heterocycles. The maximum absolute atomic E-state index is 13.5. The molecule has 0 spiro atoms. The Morgan fingerprint density at radius 1 is 1.37 bits per heavy atom. The van der Waals surface area contributed by atoms with Crippen LogP contribution in [0.3, 0.4) is 0 Å². The standard InChI is InChI=1S/C13H15FN2O3/c14-10-6-9(12(17)18)4-5-11(10)16-13(19)15-7-8-2-1-3-8/h4-6,8H,1-3,7H2,(H,17,18)(H2,15,16,19). The van der Waals surface area contributed by atoms with Crippen molar-refractivity contribution < 1.29 is 19.1 Å². The summed E-state index contributed by atoms with van der Waals surface area (Å²) in [5.41, 5.74) is -0.186. The second-order valence-electron chi connectivity index (χ2n) is 4.63. The Kier molecular flexibility index (Phi) is 3.99. The number of anilines is 1. The van der Waals surface area contributed by atoms with E-state index < -0.39 is 17.8 Å². The molecular weight excluding hydrogens is 251 g/mol. The van der Waals surface area contributed by atoms with Crippen LogP contribution in [0.1, 0.15) is 29.6 Å². The fourth-order valence-electron chi connectivity index (χ4n) is 1.85. The van der Waals surface area contributed by atoms with Gasteiger partial charge in [0.15, 0.2) is 0 Å². The predicted octanol–water partition coefficient (Wildman–Crippen LogP) is 2.45. The van der Waals surface area contributed by atoms with Gasteiger partial charge < -0.3 is 15.7 Å². The summed E-state index contributed by atoms with van der Waals surface area (Å²) in [6, 6.07) is 2.88. The lowest BCUT2D eigenvalue weighted by atomic mass is 9.85. The van der Waals surface area contributed by atoms with E-state index in [9.17, 15) is 14.0 Å². The first-order valence-electron chi connectivity index (χ1n) is 6.14. The highest BCUT2D eigenvalue weighted by atomic mass is 19.1. The number of hydrogen-bond donors (Lipinski definition) is 3. The van der Waals surface area contributed by atoms with Crippen molar-refractivity contribution in [3.05, 3.63) is 29.6 Å². The molecule has 1 saturated carbocycles. The van der Waals surface area contributed by atoms with E-state index in [2.05, 4.69) is 10.6 Å². The number of carboxylic acids is 1. The Balaban J connectivity index is 1.90. The summed E-state index contributed by atoms with van der Waals surface area (Å²) >= 11 is 0. The van der Waals surface area contributed by atoms with Crippen molar-refractivity contribution in [2.45, 2.75) is 19.3 Å². The van der Waals surface area contributed by atoms with Crippen molar-refractivity contribution in [1.29, 1.82) is 0 Å². The molecule has 0 aromatic heterocycles. The van der Waals surface area contributed by atoms with Crippen LogP contribution in [-0.4, -0.2) is 23.7 Å². The highest BCUT2D eigenvalue weighted by Gasteiger charge is 2.18. The fraction of sp³-hybridized carbons (Fsp3) is 0.385. The summed E-state index contributed by atoms with van der Waals surface area (Å²) in [4.78, 5) is 22.2. The van der Waals surface area contributed by atoms with Gasteiger partial charge in [0, 0.05) is 6.54 Å². The molecule has 3 N–H and O–H groups in total. The molecule has 5 nitrogen and oxygen atoms in total. The minimum Gasteiger partial charge on any atom is -0.478 e. The summed E-state index contributed by atoms with van der Waals surface area (Å²) < 4.78 is 13.5. The maximum Gasteiger partial charge on any atom is 0.335 e. The minimum atomic E-state index is -1.21. The maximum atomic E-state index is 13.5. The Hall–Kier alpha value is -2.11. The number of benzene rings is 1. The molecule has 1 aromatic rings. The number of carbonyl (C=O) groups is 2. The van der Waals surface area contributed by atoms with Crippen molar-refractivity contribution in [3.63, 3.8) is 0 Å². The van der Waals surface area contributed by atoms with Gasteiger partial charge in [-0.3, -0.25) is 0 Å². The van der Waals surface area contributed by atoms with Crippen LogP contribution >= 0.6 is 0 Å². The first-order valence-corrected chi connectivity index (χ1v) is 6.14. The lowest BCUT2D eigenvalue weighted by Crippen LogP contribution is -2.35. The first kappa shape index (κ1) is 13.3. The van der Waals surface area contributed by atoms with Crippen LogP contribution in [0.2, 0.25) is 0 Å². The van der Waals surface area contributed by atoms with Gasteiger partial charge in [0.05, 0.1) is 11.3 Å². The molecular formula is C13H15FN2O3. The Labute approximate surface area is 109 Å². The lowest BCUT2D eigenvalue weighted by molar-refractivity contribution is 0.0696. The van der Waals surface area contributed by atoms with Gasteiger partial charge >= 0.3 is 12.0 Å². The third-order valence-corrected chi connectivity index (χ3v) is 3.24. The van der Waals surface area contributed by atoms with Gasteiger partial charge in [-0.05, 0) is 37.0 Å². The van der Waals surface area contributed by atoms with Crippen molar-refractivity contribution in [3.8, 4) is 0 Å². The van der Waals surface area contributed by atoms with E-state index in [0.717, 1.165) is 18.9 Å². The molecule has 19 heavy (non-hydrogen) atoms. The normalized spacial score (nSPS) is 14.6. The molecule has 1 fully saturated rings. The van der Waals surface area contributed by atoms with Gasteiger partial charge in [0.1, 0.15) is 5.82 Å². The monoisotopic (exact) mass is 266 g/mol. The third kappa shape index (κ3) is 3.43. The Morgan fingerprint density at radius 3 is 2.63 bits per heavy atom. The average Bonchev–Trinajstić information content (AvgIpc) is 2.29. The molecule has 0 saturated heterocycles. The Morgan fingerprint density at radius 2 is 2.11 bits per heavy atom. The van der Waals surface area contributed by atoms with Gasteiger partial charge in [-0.1, -0.05) is 6.42 Å². The largest absolute Gasteiger partial charge is 0.478 e. The van der Waals surface area contributed by atoms with E-state index in [1.165, 1.54) is 18.6 Å². The van der Waals surface area contributed by atoms with E-state index in [-0.39, 0.29) is 11.3 Å². The summed E-state index contributed by atoms with van der Waals surface area (Å²) in [6.07, 6.45) is 3.42. The number of amides is 2. The summed E-state index contributed by atoms with van der Waals surface area (Å²) in [5, 5.41) is 13.7. The van der Waals surface area contributed by atoms with E-state index in [1.807, 2.05) is 0 Å². The highest BCUT2D eigenvalue weighted by molar-refractivity contribution is 5.91. The quantitative estimate of drug-likeness (QED) is 0.783. The topological polar surface area (TPSA) is 78.4 Å². The van der Waals surface area contributed by atoms with Crippen molar-refractivity contribution in [2.24, 2.45) is 5.92 Å². The molecule has 6 heteroatoms. The van der Waals surface area contributed by atoms with Gasteiger partial charge in [-0.2, -0.15) is 0 Å². The highest BCUT2D eigenvalue weighted by Crippen LogP contribution is 2.25. The summed E-state index contributed by atoms with van der Waals surface area (Å²) in [5.74, 6) is -1.46. The van der Waals surface area contributed by atoms with E-state index in [1.54, 1.807) is 0 Å². The number of aromatic carboxylic acids is 1. The van der Waals surface area contributed by atoms with Crippen LogP contribution < -0.4 is 10.6 Å². The molecule has 0 atom stereocenters. The minimum absolute atomic E-state index is 0.0314. The zero-order chi connectivity index (χ0) is 13.8. The van der Waals surface area contributed by atoms with Crippen molar-refractivity contribution in [1.82, 2.24) is 5.32 Å². The van der Waals surface area contributed by atoms with E-state index >= 15 is 0 Å². The van der Waals surface area contributed by atoms with Gasteiger partial charge in [0.25, 0.3) is 0 Å². The van der Waals surface area contributed by atoms with Crippen LogP contribution in [0.25, 0.3) is 0 Å². The second kappa shape index (κ2) is 5.69. The Bertz CT molecular complexity index is 501. The number of halogens is 1. The molecule has 0 unspecified atom stereocenters. The van der Waals surface area contributed by atoms with E-state index in [0.29, 0.717) is 12.5 Å². The average molecular weight is 266 g/mol. The zero-order valence-electron chi connectivity index (χ0n) is 10.3. The summed E-state index contributed by atoms with van der Waals surface area (Å²) in [6.45, 7) is 0.584. The van der Waals surface area contributed by atoms with Gasteiger partial charge in [0.2, 0.25) is 0 Å². The van der Waals surface area contributed by atoms with Crippen LogP contribution in [0.15, 0.2) is 18.2 Å². The molecule has 1 aromatic carbocycles.